The minimum atomic E-state index is -0.185. The van der Waals surface area contributed by atoms with E-state index in [0.29, 0.717) is 11.3 Å². The summed E-state index contributed by atoms with van der Waals surface area (Å²) in [6.45, 7) is 1.91. The minimum Gasteiger partial charge on any atom is -0.415 e. The van der Waals surface area contributed by atoms with Gasteiger partial charge < -0.3 is 9.73 Å². The van der Waals surface area contributed by atoms with E-state index >= 15 is 0 Å². The van der Waals surface area contributed by atoms with Gasteiger partial charge in [0.15, 0.2) is 0 Å². The van der Waals surface area contributed by atoms with E-state index in [0.717, 1.165) is 36.5 Å². The summed E-state index contributed by atoms with van der Waals surface area (Å²) >= 11 is 1.39. The summed E-state index contributed by atoms with van der Waals surface area (Å²) in [4.78, 5) is 12.1. The molecule has 130 valence electrons. The van der Waals surface area contributed by atoms with Crippen LogP contribution in [0.25, 0.3) is 0 Å². The van der Waals surface area contributed by atoms with Crippen molar-refractivity contribution < 1.29 is 9.21 Å². The molecular weight excluding hydrogens is 322 g/mol. The van der Waals surface area contributed by atoms with Crippen molar-refractivity contribution in [3.63, 3.8) is 0 Å². The molecular formula is C18H25N3O2S. The van der Waals surface area contributed by atoms with Gasteiger partial charge in [-0.1, -0.05) is 11.8 Å². The van der Waals surface area contributed by atoms with Crippen LogP contribution in [0.15, 0.2) is 9.64 Å². The monoisotopic (exact) mass is 347 g/mol. The molecule has 1 aromatic rings. The van der Waals surface area contributed by atoms with Crippen LogP contribution in [0.5, 0.6) is 0 Å². The normalized spacial score (nSPS) is 38.3. The van der Waals surface area contributed by atoms with Crippen LogP contribution in [-0.2, 0) is 10.2 Å². The molecule has 1 atom stereocenters. The fourth-order valence-corrected chi connectivity index (χ4v) is 6.29. The Morgan fingerprint density at radius 3 is 2.38 bits per heavy atom. The lowest BCUT2D eigenvalue weighted by molar-refractivity contribution is -0.120. The third-order valence-electron chi connectivity index (χ3n) is 6.47. The van der Waals surface area contributed by atoms with Crippen molar-refractivity contribution in [1.82, 2.24) is 15.5 Å². The van der Waals surface area contributed by atoms with Crippen LogP contribution in [0.4, 0.5) is 0 Å². The Bertz CT molecular complexity index is 619. The number of rotatable bonds is 5. The number of aromatic nitrogens is 2. The molecule has 5 nitrogen and oxygen atoms in total. The third kappa shape index (κ3) is 2.67. The van der Waals surface area contributed by atoms with Gasteiger partial charge in [0.25, 0.3) is 5.22 Å². The van der Waals surface area contributed by atoms with Crippen LogP contribution < -0.4 is 5.32 Å². The first-order chi connectivity index (χ1) is 11.6. The van der Waals surface area contributed by atoms with Crippen molar-refractivity contribution in [1.29, 1.82) is 0 Å². The maximum absolute atomic E-state index is 12.1. The second-order valence-corrected chi connectivity index (χ2v) is 9.91. The van der Waals surface area contributed by atoms with Crippen LogP contribution in [-0.4, -0.2) is 27.4 Å². The average Bonchev–Trinajstić information content (AvgIpc) is 3.20. The molecule has 5 aliphatic carbocycles. The van der Waals surface area contributed by atoms with Gasteiger partial charge >= 0.3 is 0 Å². The summed E-state index contributed by atoms with van der Waals surface area (Å²) in [6.07, 6.45) is 10.1. The predicted molar refractivity (Wildman–Crippen MR) is 90.6 cm³/mol. The average molecular weight is 347 g/mol. The summed E-state index contributed by atoms with van der Waals surface area (Å²) in [5.74, 6) is 3.52. The molecule has 0 radical (unpaired) electrons. The van der Waals surface area contributed by atoms with Crippen molar-refractivity contribution >= 4 is 17.7 Å². The van der Waals surface area contributed by atoms with E-state index in [1.54, 1.807) is 0 Å². The summed E-state index contributed by atoms with van der Waals surface area (Å²) < 4.78 is 6.07. The Labute approximate surface area is 146 Å². The van der Waals surface area contributed by atoms with Gasteiger partial charge in [-0.3, -0.25) is 4.79 Å². The minimum absolute atomic E-state index is 0.0806. The quantitative estimate of drug-likeness (QED) is 0.828. The number of nitrogens with zero attached hydrogens (tertiary/aromatic N) is 2. The first-order valence-corrected chi connectivity index (χ1v) is 10.3. The molecule has 0 spiro atoms. The Balaban J connectivity index is 1.29. The van der Waals surface area contributed by atoms with Crippen molar-refractivity contribution in [3.05, 3.63) is 5.89 Å². The molecule has 24 heavy (non-hydrogen) atoms. The van der Waals surface area contributed by atoms with Crippen molar-refractivity contribution in [3.8, 4) is 0 Å². The summed E-state index contributed by atoms with van der Waals surface area (Å²) in [7, 11) is 0. The predicted octanol–water partition coefficient (Wildman–Crippen LogP) is 3.30. The highest BCUT2D eigenvalue weighted by molar-refractivity contribution is 8.00. The lowest BCUT2D eigenvalue weighted by atomic mass is 9.49. The highest BCUT2D eigenvalue weighted by Crippen LogP contribution is 2.60. The van der Waals surface area contributed by atoms with E-state index < -0.39 is 0 Å². The number of nitrogens with one attached hydrogen (secondary N) is 1. The van der Waals surface area contributed by atoms with Crippen molar-refractivity contribution in [2.75, 3.05) is 0 Å². The molecule has 5 fully saturated rings. The number of amides is 1. The molecule has 1 heterocycles. The van der Waals surface area contributed by atoms with Crippen LogP contribution in [0.1, 0.15) is 64.2 Å². The molecule has 5 aliphatic rings. The van der Waals surface area contributed by atoms with E-state index in [2.05, 4.69) is 15.5 Å². The molecule has 6 heteroatoms. The summed E-state index contributed by atoms with van der Waals surface area (Å²) in [5, 5.41) is 12.1. The van der Waals surface area contributed by atoms with Gasteiger partial charge in [-0.05, 0) is 76.0 Å². The highest BCUT2D eigenvalue weighted by Gasteiger charge is 2.54. The van der Waals surface area contributed by atoms with E-state index in [9.17, 15) is 4.79 Å². The number of hydrogen-bond donors (Lipinski definition) is 1. The maximum atomic E-state index is 12.1. The van der Waals surface area contributed by atoms with E-state index in [1.165, 1.54) is 50.3 Å². The van der Waals surface area contributed by atoms with Gasteiger partial charge in [-0.15, -0.1) is 10.2 Å². The molecule has 0 unspecified atom stereocenters. The second kappa shape index (κ2) is 5.48. The first-order valence-electron chi connectivity index (χ1n) is 9.41. The first kappa shape index (κ1) is 15.2. The number of carbonyl (C=O) groups excluding carboxylic acids is 1. The third-order valence-corrected chi connectivity index (χ3v) is 7.40. The lowest BCUT2D eigenvalue weighted by Gasteiger charge is -2.55. The molecule has 1 N–H and O–H groups in total. The molecule has 6 rings (SSSR count). The van der Waals surface area contributed by atoms with Gasteiger partial charge in [0.05, 0.1) is 5.25 Å². The van der Waals surface area contributed by atoms with E-state index in [-0.39, 0.29) is 16.6 Å². The van der Waals surface area contributed by atoms with Crippen molar-refractivity contribution in [2.45, 2.75) is 80.2 Å². The largest absolute Gasteiger partial charge is 0.415 e. The Morgan fingerprint density at radius 1 is 1.17 bits per heavy atom. The van der Waals surface area contributed by atoms with E-state index in [1.807, 2.05) is 6.92 Å². The summed E-state index contributed by atoms with van der Waals surface area (Å²) in [5.41, 5.74) is 0.139. The fraction of sp³-hybridized carbons (Fsp3) is 0.833. The SMILES string of the molecule is C[C@@H](Sc1nnc(C23CC4CC(CC(C4)C2)C3)o1)C(=O)NC1CC1. The van der Waals surface area contributed by atoms with Gasteiger partial charge in [-0.2, -0.15) is 0 Å². The zero-order valence-corrected chi connectivity index (χ0v) is 15.0. The highest BCUT2D eigenvalue weighted by atomic mass is 32.2. The number of hydrogen-bond acceptors (Lipinski definition) is 5. The Kier molecular flexibility index (Phi) is 3.48. The molecule has 1 aromatic heterocycles. The number of carbonyl (C=O) groups is 1. The topological polar surface area (TPSA) is 68.0 Å². The zero-order chi connectivity index (χ0) is 16.3. The van der Waals surface area contributed by atoms with Crippen LogP contribution in [0.3, 0.4) is 0 Å². The van der Waals surface area contributed by atoms with Crippen LogP contribution in [0, 0.1) is 17.8 Å². The summed E-state index contributed by atoms with van der Waals surface area (Å²) in [6, 6.07) is 0.394. The van der Waals surface area contributed by atoms with E-state index in [4.69, 9.17) is 4.42 Å². The Morgan fingerprint density at radius 2 is 1.79 bits per heavy atom. The molecule has 0 saturated heterocycles. The Hall–Kier alpha value is -1.04. The molecule has 0 aliphatic heterocycles. The molecule has 1 amide bonds. The fourth-order valence-electron chi connectivity index (χ4n) is 5.60. The molecule has 0 aromatic carbocycles. The van der Waals surface area contributed by atoms with Gasteiger partial charge in [0, 0.05) is 11.5 Å². The standard InChI is InChI=1S/C18H25N3O2S/c1-10(15(22)19-14-2-3-14)24-17-21-20-16(23-17)18-7-11-4-12(8-18)6-13(5-11)9-18/h10-14H,2-9H2,1H3,(H,19,22)/t10-,11?,12?,13?,18?/m1/s1. The van der Waals surface area contributed by atoms with Gasteiger partial charge in [0.1, 0.15) is 0 Å². The lowest BCUT2D eigenvalue weighted by Crippen LogP contribution is -2.48. The second-order valence-electron chi connectivity index (χ2n) is 8.61. The number of thioether (sulfide) groups is 1. The molecule has 5 saturated carbocycles. The van der Waals surface area contributed by atoms with Crippen LogP contribution in [0.2, 0.25) is 0 Å². The van der Waals surface area contributed by atoms with Crippen LogP contribution >= 0.6 is 11.8 Å². The smallest absolute Gasteiger partial charge is 0.277 e. The molecule has 4 bridgehead atoms. The van der Waals surface area contributed by atoms with Gasteiger partial charge in [-0.25, -0.2) is 0 Å². The zero-order valence-electron chi connectivity index (χ0n) is 14.2. The maximum Gasteiger partial charge on any atom is 0.277 e. The van der Waals surface area contributed by atoms with Crippen molar-refractivity contribution in [2.24, 2.45) is 17.8 Å². The van der Waals surface area contributed by atoms with Gasteiger partial charge in [0.2, 0.25) is 11.8 Å².